The van der Waals surface area contributed by atoms with Gasteiger partial charge < -0.3 is 0 Å². The van der Waals surface area contributed by atoms with Crippen molar-refractivity contribution in [1.29, 1.82) is 0 Å². The lowest BCUT2D eigenvalue weighted by Crippen LogP contribution is -2.23. The van der Waals surface area contributed by atoms with Crippen molar-refractivity contribution in [3.8, 4) is 0 Å². The Labute approximate surface area is 117 Å². The van der Waals surface area contributed by atoms with E-state index in [1.54, 1.807) is 0 Å². The third-order valence-corrected chi connectivity index (χ3v) is 3.30. The molecule has 1 aromatic heterocycles. The van der Waals surface area contributed by atoms with E-state index in [0.29, 0.717) is 5.56 Å². The van der Waals surface area contributed by atoms with Crippen molar-refractivity contribution in [2.24, 2.45) is 0 Å². The predicted octanol–water partition coefficient (Wildman–Crippen LogP) is 3.39. The molecule has 0 radical (unpaired) electrons. The maximum Gasteiger partial charge on any atom is 0.287 e. The Hall–Kier alpha value is -1.10. The zero-order valence-corrected chi connectivity index (χ0v) is 11.1. The second-order valence-corrected chi connectivity index (χ2v) is 4.71. The highest BCUT2D eigenvalue weighted by atomic mass is 35.5. The number of halogens is 4. The van der Waals surface area contributed by atoms with Crippen LogP contribution in [0.3, 0.4) is 0 Å². The average Bonchev–Trinajstić information content (AvgIpc) is 2.34. The largest absolute Gasteiger partial charge is 0.287 e. The summed E-state index contributed by atoms with van der Waals surface area (Å²) >= 11 is 17.0. The van der Waals surface area contributed by atoms with Crippen LogP contribution in [0.4, 0.5) is 4.39 Å². The van der Waals surface area contributed by atoms with Gasteiger partial charge in [0.1, 0.15) is 10.8 Å². The Morgan fingerprint density at radius 2 is 1.94 bits per heavy atom. The van der Waals surface area contributed by atoms with Crippen LogP contribution in [0.15, 0.2) is 29.2 Å². The molecule has 1 heterocycles. The lowest BCUT2D eigenvalue weighted by Gasteiger charge is -2.06. The molecule has 0 spiro atoms. The minimum absolute atomic E-state index is 0.0133. The van der Waals surface area contributed by atoms with E-state index in [2.05, 4.69) is 5.10 Å². The van der Waals surface area contributed by atoms with E-state index in [1.807, 2.05) is 0 Å². The van der Waals surface area contributed by atoms with Gasteiger partial charge >= 0.3 is 0 Å². The van der Waals surface area contributed by atoms with E-state index in [4.69, 9.17) is 34.8 Å². The smallest absolute Gasteiger partial charge is 0.266 e. The average molecular weight is 308 g/mol. The van der Waals surface area contributed by atoms with Crippen molar-refractivity contribution < 1.29 is 4.39 Å². The second-order valence-electron chi connectivity index (χ2n) is 3.52. The van der Waals surface area contributed by atoms with Crippen molar-refractivity contribution in [2.75, 3.05) is 0 Å². The Morgan fingerprint density at radius 1 is 1.22 bits per heavy atom. The van der Waals surface area contributed by atoms with Gasteiger partial charge in [-0.2, -0.15) is 5.10 Å². The first-order chi connectivity index (χ1) is 8.49. The van der Waals surface area contributed by atoms with Crippen molar-refractivity contribution in [2.45, 2.75) is 6.54 Å². The number of hydrogen-bond acceptors (Lipinski definition) is 2. The van der Waals surface area contributed by atoms with E-state index in [-0.39, 0.29) is 21.6 Å². The highest BCUT2D eigenvalue weighted by molar-refractivity contribution is 6.41. The van der Waals surface area contributed by atoms with Gasteiger partial charge in [-0.1, -0.05) is 40.9 Å². The summed E-state index contributed by atoms with van der Waals surface area (Å²) < 4.78 is 14.1. The first-order valence-electron chi connectivity index (χ1n) is 4.84. The van der Waals surface area contributed by atoms with Crippen LogP contribution < -0.4 is 5.56 Å². The maximum atomic E-state index is 13.0. The number of benzene rings is 1. The molecular weight excluding hydrogens is 301 g/mol. The monoisotopic (exact) mass is 306 g/mol. The van der Waals surface area contributed by atoms with Crippen molar-refractivity contribution in [3.05, 3.63) is 61.2 Å². The highest BCUT2D eigenvalue weighted by Gasteiger charge is 2.08. The molecule has 0 bridgehead atoms. The zero-order valence-electron chi connectivity index (χ0n) is 8.83. The summed E-state index contributed by atoms with van der Waals surface area (Å²) in [5, 5.41) is 3.82. The molecule has 0 atom stereocenters. The SMILES string of the molecule is O=c1c(Cl)c(Cl)cnn1Cc1ccc(F)c(Cl)c1. The molecule has 18 heavy (non-hydrogen) atoms. The molecule has 0 saturated heterocycles. The molecule has 0 N–H and O–H groups in total. The van der Waals surface area contributed by atoms with E-state index in [1.165, 1.54) is 24.4 Å². The quantitative estimate of drug-likeness (QED) is 0.852. The Bertz CT molecular complexity index is 657. The molecule has 1 aromatic carbocycles. The van der Waals surface area contributed by atoms with Crippen LogP contribution in [-0.4, -0.2) is 9.78 Å². The molecule has 2 rings (SSSR count). The molecule has 0 fully saturated rings. The van der Waals surface area contributed by atoms with Gasteiger partial charge in [0.2, 0.25) is 0 Å². The van der Waals surface area contributed by atoms with Crippen LogP contribution in [-0.2, 0) is 6.54 Å². The summed E-state index contributed by atoms with van der Waals surface area (Å²) in [6, 6.07) is 4.16. The first-order valence-corrected chi connectivity index (χ1v) is 5.97. The third-order valence-electron chi connectivity index (χ3n) is 2.26. The predicted molar refractivity (Wildman–Crippen MR) is 69.0 cm³/mol. The van der Waals surface area contributed by atoms with E-state index in [0.717, 1.165) is 4.68 Å². The number of nitrogens with zero attached hydrogens (tertiary/aromatic N) is 2. The molecule has 0 aliphatic heterocycles. The van der Waals surface area contributed by atoms with Crippen LogP contribution in [0.2, 0.25) is 15.1 Å². The number of hydrogen-bond donors (Lipinski definition) is 0. The molecule has 2 aromatic rings. The standard InChI is InChI=1S/C11H6Cl3FN2O/c12-7-3-6(1-2-9(7)15)5-17-11(18)10(14)8(13)4-16-17/h1-4H,5H2. The lowest BCUT2D eigenvalue weighted by atomic mass is 10.2. The summed E-state index contributed by atoms with van der Waals surface area (Å²) in [6.07, 6.45) is 1.27. The van der Waals surface area contributed by atoms with Crippen molar-refractivity contribution in [1.82, 2.24) is 9.78 Å². The summed E-state index contributed by atoms with van der Waals surface area (Å²) in [5.74, 6) is -0.519. The van der Waals surface area contributed by atoms with Crippen LogP contribution in [0.1, 0.15) is 5.56 Å². The van der Waals surface area contributed by atoms with Gasteiger partial charge in [0.25, 0.3) is 5.56 Å². The Balaban J connectivity index is 2.37. The van der Waals surface area contributed by atoms with Gasteiger partial charge in [-0.3, -0.25) is 4.79 Å². The van der Waals surface area contributed by atoms with Gasteiger partial charge in [-0.25, -0.2) is 9.07 Å². The molecule has 0 amide bonds. The van der Waals surface area contributed by atoms with Gasteiger partial charge in [-0.15, -0.1) is 0 Å². The lowest BCUT2D eigenvalue weighted by molar-refractivity contribution is 0.619. The van der Waals surface area contributed by atoms with Gasteiger partial charge in [0, 0.05) is 0 Å². The van der Waals surface area contributed by atoms with Crippen LogP contribution in [0.5, 0.6) is 0 Å². The Kier molecular flexibility index (Phi) is 3.90. The van der Waals surface area contributed by atoms with Gasteiger partial charge in [-0.05, 0) is 17.7 Å². The second kappa shape index (κ2) is 5.26. The van der Waals surface area contributed by atoms with Crippen LogP contribution in [0, 0.1) is 5.82 Å². The van der Waals surface area contributed by atoms with Crippen molar-refractivity contribution in [3.63, 3.8) is 0 Å². The fraction of sp³-hybridized carbons (Fsp3) is 0.0909. The molecule has 3 nitrogen and oxygen atoms in total. The zero-order chi connectivity index (χ0) is 13.3. The van der Waals surface area contributed by atoms with Crippen LogP contribution in [0.25, 0.3) is 0 Å². The topological polar surface area (TPSA) is 34.9 Å². The van der Waals surface area contributed by atoms with E-state index >= 15 is 0 Å². The molecule has 94 valence electrons. The third kappa shape index (κ3) is 2.66. The minimum Gasteiger partial charge on any atom is -0.266 e. The van der Waals surface area contributed by atoms with E-state index in [9.17, 15) is 9.18 Å². The summed E-state index contributed by atoms with van der Waals surface area (Å²) in [4.78, 5) is 11.7. The Morgan fingerprint density at radius 3 is 2.61 bits per heavy atom. The minimum atomic E-state index is -0.519. The van der Waals surface area contributed by atoms with Gasteiger partial charge in [0.15, 0.2) is 0 Å². The summed E-state index contributed by atoms with van der Waals surface area (Å²) in [6.45, 7) is 0.135. The molecular formula is C11H6Cl3FN2O. The molecule has 0 unspecified atom stereocenters. The van der Waals surface area contributed by atoms with Crippen LogP contribution >= 0.6 is 34.8 Å². The molecule has 0 aliphatic rings. The number of aromatic nitrogens is 2. The first kappa shape index (κ1) is 13.3. The van der Waals surface area contributed by atoms with Crippen molar-refractivity contribution >= 4 is 34.8 Å². The van der Waals surface area contributed by atoms with Gasteiger partial charge in [0.05, 0.1) is 22.8 Å². The fourth-order valence-electron chi connectivity index (χ4n) is 1.37. The summed E-state index contributed by atoms with van der Waals surface area (Å²) in [7, 11) is 0. The molecule has 0 aliphatic carbocycles. The summed E-state index contributed by atoms with van der Waals surface area (Å²) in [5.41, 5.74) is 0.124. The molecule has 7 heteroatoms. The normalized spacial score (nSPS) is 10.7. The van der Waals surface area contributed by atoms with E-state index < -0.39 is 11.4 Å². The molecule has 0 saturated carbocycles. The highest BCUT2D eigenvalue weighted by Crippen LogP contribution is 2.17. The number of rotatable bonds is 2. The maximum absolute atomic E-state index is 13.0. The fourth-order valence-corrected chi connectivity index (χ4v) is 1.84.